The molecule has 0 radical (unpaired) electrons. The molecule has 0 fully saturated rings. The summed E-state index contributed by atoms with van der Waals surface area (Å²) in [6, 6.07) is 17.7. The van der Waals surface area contributed by atoms with Gasteiger partial charge in [-0.05, 0) is 30.7 Å². The van der Waals surface area contributed by atoms with E-state index in [9.17, 15) is 4.79 Å². The van der Waals surface area contributed by atoms with E-state index in [1.165, 1.54) is 11.3 Å². The van der Waals surface area contributed by atoms with Gasteiger partial charge in [-0.1, -0.05) is 48.5 Å². The topological polar surface area (TPSA) is 48.4 Å². The third-order valence-corrected chi connectivity index (χ3v) is 4.67. The summed E-state index contributed by atoms with van der Waals surface area (Å²) in [5.74, 6) is 0.511. The van der Waals surface area contributed by atoms with E-state index in [1.807, 2.05) is 79.1 Å². The Morgan fingerprint density at radius 3 is 2.70 bits per heavy atom. The van der Waals surface area contributed by atoms with Crippen LogP contribution in [0.1, 0.15) is 18.2 Å². The van der Waals surface area contributed by atoms with E-state index < -0.39 is 0 Å². The molecule has 2 aromatic carbocycles. The minimum Gasteiger partial charge on any atom is -0.493 e. The number of aromatic nitrogens is 1. The van der Waals surface area contributed by atoms with E-state index in [-0.39, 0.29) is 19.0 Å². The van der Waals surface area contributed by atoms with Crippen LogP contribution >= 0.6 is 11.3 Å². The first kappa shape index (κ1) is 18.9. The van der Waals surface area contributed by atoms with Crippen LogP contribution in [0.4, 0.5) is 0 Å². The summed E-state index contributed by atoms with van der Waals surface area (Å²) in [7, 11) is 0. The largest absolute Gasteiger partial charge is 0.493 e. The van der Waals surface area contributed by atoms with Crippen molar-refractivity contribution in [2.45, 2.75) is 13.3 Å². The zero-order valence-corrected chi connectivity index (χ0v) is 15.9. The molecule has 0 amide bonds. The molecule has 0 N–H and O–H groups in total. The maximum absolute atomic E-state index is 12.0. The second-order valence-corrected chi connectivity index (χ2v) is 6.60. The van der Waals surface area contributed by atoms with Gasteiger partial charge in [-0.3, -0.25) is 4.79 Å². The number of nitrogens with zero attached hydrogens (tertiary/aromatic N) is 1. The van der Waals surface area contributed by atoms with Gasteiger partial charge in [0.2, 0.25) is 0 Å². The molecular formula is C22H21NO3S. The molecule has 5 heteroatoms. The lowest BCUT2D eigenvalue weighted by molar-refractivity contribution is -0.141. The zero-order valence-electron chi connectivity index (χ0n) is 15.1. The van der Waals surface area contributed by atoms with Gasteiger partial charge < -0.3 is 9.47 Å². The van der Waals surface area contributed by atoms with Crippen molar-refractivity contribution in [2.24, 2.45) is 0 Å². The fraction of sp³-hybridized carbons (Fsp3) is 0.182. The average molecular weight is 379 g/mol. The summed E-state index contributed by atoms with van der Waals surface area (Å²) in [5.41, 5.74) is 2.72. The van der Waals surface area contributed by atoms with Crippen molar-refractivity contribution in [3.05, 3.63) is 77.3 Å². The first-order chi connectivity index (χ1) is 13.3. The molecule has 0 aliphatic rings. The third-order valence-electron chi connectivity index (χ3n) is 3.74. The molecule has 3 rings (SSSR count). The quantitative estimate of drug-likeness (QED) is 0.516. The Hall–Kier alpha value is -2.92. The van der Waals surface area contributed by atoms with Gasteiger partial charge in [0.15, 0.2) is 0 Å². The molecule has 0 atom stereocenters. The maximum Gasteiger partial charge on any atom is 0.312 e. The lowest BCUT2D eigenvalue weighted by Crippen LogP contribution is -2.08. The van der Waals surface area contributed by atoms with Crippen molar-refractivity contribution in [3.63, 3.8) is 0 Å². The smallest absolute Gasteiger partial charge is 0.312 e. The Morgan fingerprint density at radius 2 is 1.89 bits per heavy atom. The number of hydrogen-bond acceptors (Lipinski definition) is 5. The molecule has 0 bridgehead atoms. The standard InChI is InChI=1S/C22H21NO3S/c1-2-25-20-13-7-6-12-19(20)22-23-18(16-27-22)15-21(24)26-14-8-11-17-9-4-3-5-10-17/h3-13,16H,2,14-15H2,1H3/b11-8+. The molecular weight excluding hydrogens is 358 g/mol. The summed E-state index contributed by atoms with van der Waals surface area (Å²) in [6.07, 6.45) is 3.92. The molecule has 3 aromatic rings. The van der Waals surface area contributed by atoms with Crippen molar-refractivity contribution in [3.8, 4) is 16.3 Å². The fourth-order valence-electron chi connectivity index (χ4n) is 2.52. The van der Waals surface area contributed by atoms with Gasteiger partial charge in [-0.15, -0.1) is 11.3 Å². The molecule has 27 heavy (non-hydrogen) atoms. The molecule has 0 unspecified atom stereocenters. The van der Waals surface area contributed by atoms with Gasteiger partial charge in [0.25, 0.3) is 0 Å². The number of hydrogen-bond donors (Lipinski definition) is 0. The summed E-state index contributed by atoms with van der Waals surface area (Å²) >= 11 is 1.50. The van der Waals surface area contributed by atoms with Crippen LogP contribution in [-0.4, -0.2) is 24.2 Å². The molecule has 0 saturated heterocycles. The van der Waals surface area contributed by atoms with E-state index in [2.05, 4.69) is 4.98 Å². The highest BCUT2D eigenvalue weighted by atomic mass is 32.1. The molecule has 0 spiro atoms. The lowest BCUT2D eigenvalue weighted by atomic mass is 10.2. The molecule has 1 aromatic heterocycles. The number of thiazole rings is 1. The monoisotopic (exact) mass is 379 g/mol. The Morgan fingerprint density at radius 1 is 1.11 bits per heavy atom. The average Bonchev–Trinajstić information content (AvgIpc) is 3.15. The van der Waals surface area contributed by atoms with Crippen LogP contribution in [0.2, 0.25) is 0 Å². The first-order valence-corrected chi connectivity index (χ1v) is 9.68. The van der Waals surface area contributed by atoms with Crippen molar-refractivity contribution >= 4 is 23.4 Å². The third kappa shape index (κ3) is 5.53. The molecule has 0 saturated carbocycles. The molecule has 0 aliphatic carbocycles. The van der Waals surface area contributed by atoms with Gasteiger partial charge >= 0.3 is 5.97 Å². The number of ether oxygens (including phenoxy) is 2. The normalized spacial score (nSPS) is 10.9. The summed E-state index contributed by atoms with van der Waals surface area (Å²) in [5, 5.41) is 2.73. The summed E-state index contributed by atoms with van der Waals surface area (Å²) in [6.45, 7) is 2.79. The maximum atomic E-state index is 12.0. The Balaban J connectivity index is 1.54. The summed E-state index contributed by atoms with van der Waals surface area (Å²) in [4.78, 5) is 16.6. The van der Waals surface area contributed by atoms with Crippen LogP contribution in [0.3, 0.4) is 0 Å². The predicted molar refractivity (Wildman–Crippen MR) is 109 cm³/mol. The lowest BCUT2D eigenvalue weighted by Gasteiger charge is -2.07. The van der Waals surface area contributed by atoms with Gasteiger partial charge in [0.1, 0.15) is 17.4 Å². The molecule has 0 aliphatic heterocycles. The number of carbonyl (C=O) groups is 1. The van der Waals surface area contributed by atoms with Crippen LogP contribution < -0.4 is 4.74 Å². The molecule has 138 valence electrons. The minimum absolute atomic E-state index is 0.159. The number of carbonyl (C=O) groups excluding carboxylic acids is 1. The van der Waals surface area contributed by atoms with E-state index in [4.69, 9.17) is 9.47 Å². The van der Waals surface area contributed by atoms with E-state index in [1.54, 1.807) is 0 Å². The van der Waals surface area contributed by atoms with Crippen molar-refractivity contribution in [1.29, 1.82) is 0 Å². The van der Waals surface area contributed by atoms with E-state index in [0.717, 1.165) is 21.9 Å². The van der Waals surface area contributed by atoms with E-state index in [0.29, 0.717) is 12.3 Å². The molecule has 1 heterocycles. The second-order valence-electron chi connectivity index (χ2n) is 5.75. The van der Waals surface area contributed by atoms with Crippen LogP contribution in [0.15, 0.2) is 66.1 Å². The van der Waals surface area contributed by atoms with Gasteiger partial charge in [-0.25, -0.2) is 4.98 Å². The van der Waals surface area contributed by atoms with Gasteiger partial charge in [0.05, 0.1) is 24.3 Å². The van der Waals surface area contributed by atoms with Crippen molar-refractivity contribution < 1.29 is 14.3 Å². The van der Waals surface area contributed by atoms with Gasteiger partial charge in [-0.2, -0.15) is 0 Å². The number of esters is 1. The van der Waals surface area contributed by atoms with Crippen LogP contribution in [0, 0.1) is 0 Å². The fourth-order valence-corrected chi connectivity index (χ4v) is 3.37. The Labute approximate surface area is 163 Å². The highest BCUT2D eigenvalue weighted by Crippen LogP contribution is 2.32. The minimum atomic E-state index is -0.289. The SMILES string of the molecule is CCOc1ccccc1-c1nc(CC(=O)OC/C=C/c2ccccc2)cs1. The van der Waals surface area contributed by atoms with Crippen LogP contribution in [-0.2, 0) is 16.0 Å². The highest BCUT2D eigenvalue weighted by Gasteiger charge is 2.12. The summed E-state index contributed by atoms with van der Waals surface area (Å²) < 4.78 is 10.9. The van der Waals surface area contributed by atoms with Crippen LogP contribution in [0.5, 0.6) is 5.75 Å². The van der Waals surface area contributed by atoms with Crippen LogP contribution in [0.25, 0.3) is 16.6 Å². The Kier molecular flexibility index (Phi) is 6.77. The number of benzene rings is 2. The zero-order chi connectivity index (χ0) is 18.9. The number of para-hydroxylation sites is 1. The molecule has 4 nitrogen and oxygen atoms in total. The first-order valence-electron chi connectivity index (χ1n) is 8.80. The predicted octanol–water partition coefficient (Wildman–Crippen LogP) is 5.01. The highest BCUT2D eigenvalue weighted by molar-refractivity contribution is 7.13. The van der Waals surface area contributed by atoms with Crippen molar-refractivity contribution in [2.75, 3.05) is 13.2 Å². The van der Waals surface area contributed by atoms with Gasteiger partial charge in [0, 0.05) is 5.38 Å². The number of rotatable bonds is 8. The van der Waals surface area contributed by atoms with E-state index >= 15 is 0 Å². The van der Waals surface area contributed by atoms with Crippen molar-refractivity contribution in [1.82, 2.24) is 4.98 Å². The Bertz CT molecular complexity index is 903. The second kappa shape index (κ2) is 9.69.